The first-order valence-electron chi connectivity index (χ1n) is 6.11. The minimum atomic E-state index is -1.21. The van der Waals surface area contributed by atoms with Gasteiger partial charge < -0.3 is 10.2 Å². The first kappa shape index (κ1) is 14.3. The van der Waals surface area contributed by atoms with E-state index < -0.39 is 17.1 Å². The molecule has 0 aromatic carbocycles. The second kappa shape index (κ2) is 5.25. The summed E-state index contributed by atoms with van der Waals surface area (Å²) in [5, 5.41) is 18.6. The van der Waals surface area contributed by atoms with Crippen LogP contribution < -0.4 is 5.56 Å². The Bertz CT molecular complexity index is 492. The second-order valence-electron chi connectivity index (χ2n) is 4.36. The van der Waals surface area contributed by atoms with Crippen LogP contribution in [0.3, 0.4) is 0 Å². The number of carbonyl (C=O) groups is 1. The average Bonchev–Trinajstić information content (AvgIpc) is 2.33. The number of nitrogens with zero attached hydrogens (tertiary/aromatic N) is 1. The lowest BCUT2D eigenvalue weighted by Crippen LogP contribution is -2.42. The van der Waals surface area contributed by atoms with Crippen LogP contribution in [0.4, 0.5) is 0 Å². The Balaban J connectivity index is 3.66. The Kier molecular flexibility index (Phi) is 4.16. The number of carboxylic acid groups (broad SMARTS) is 1. The highest BCUT2D eigenvalue weighted by Gasteiger charge is 2.31. The van der Waals surface area contributed by atoms with E-state index >= 15 is 0 Å². The summed E-state index contributed by atoms with van der Waals surface area (Å²) in [5.74, 6) is -1.52. The van der Waals surface area contributed by atoms with Gasteiger partial charge in [0.25, 0.3) is 5.56 Å². The average molecular weight is 253 g/mol. The van der Waals surface area contributed by atoms with Gasteiger partial charge >= 0.3 is 5.97 Å². The lowest BCUT2D eigenvalue weighted by Gasteiger charge is -2.34. The lowest BCUT2D eigenvalue weighted by atomic mass is 9.88. The van der Waals surface area contributed by atoms with Crippen molar-refractivity contribution in [1.82, 2.24) is 4.57 Å². The molecule has 0 fully saturated rings. The molecular formula is C13H19NO4. The maximum absolute atomic E-state index is 12.0. The first-order valence-corrected chi connectivity index (χ1v) is 6.11. The Morgan fingerprint density at radius 3 is 2.11 bits per heavy atom. The lowest BCUT2D eigenvalue weighted by molar-refractivity contribution is 0.0667. The van der Waals surface area contributed by atoms with Gasteiger partial charge in [0, 0.05) is 17.7 Å². The third-order valence-electron chi connectivity index (χ3n) is 3.69. The van der Waals surface area contributed by atoms with Crippen LogP contribution in [-0.2, 0) is 5.54 Å². The van der Waals surface area contributed by atoms with E-state index in [1.165, 1.54) is 4.57 Å². The normalized spacial score (nSPS) is 11.5. The number of rotatable bonds is 5. The van der Waals surface area contributed by atoms with Crippen molar-refractivity contribution in [2.75, 3.05) is 0 Å². The fourth-order valence-corrected chi connectivity index (χ4v) is 2.43. The highest BCUT2D eigenvalue weighted by atomic mass is 16.4. The summed E-state index contributed by atoms with van der Waals surface area (Å²) in [6.07, 6.45) is 1.97. The van der Waals surface area contributed by atoms with Crippen molar-refractivity contribution >= 4 is 5.97 Å². The molecule has 1 aromatic heterocycles. The largest absolute Gasteiger partial charge is 0.508 e. The molecule has 0 bridgehead atoms. The van der Waals surface area contributed by atoms with Crippen molar-refractivity contribution in [3.63, 3.8) is 0 Å². The van der Waals surface area contributed by atoms with E-state index in [0.717, 1.165) is 12.1 Å². The number of aromatic hydroxyl groups is 1. The molecule has 5 heteroatoms. The Morgan fingerprint density at radius 2 is 1.72 bits per heavy atom. The zero-order chi connectivity index (χ0) is 13.9. The molecule has 5 nitrogen and oxygen atoms in total. The van der Waals surface area contributed by atoms with Crippen LogP contribution >= 0.6 is 0 Å². The number of carboxylic acids is 1. The summed E-state index contributed by atoms with van der Waals surface area (Å²) in [7, 11) is 0. The van der Waals surface area contributed by atoms with Crippen LogP contribution in [-0.4, -0.2) is 20.7 Å². The van der Waals surface area contributed by atoms with Gasteiger partial charge in [-0.25, -0.2) is 4.79 Å². The summed E-state index contributed by atoms with van der Waals surface area (Å²) < 4.78 is 1.30. The van der Waals surface area contributed by atoms with Crippen molar-refractivity contribution in [1.29, 1.82) is 0 Å². The summed E-state index contributed by atoms with van der Waals surface area (Å²) in [6.45, 7) is 5.79. The maximum atomic E-state index is 12.0. The van der Waals surface area contributed by atoms with E-state index in [0.29, 0.717) is 19.3 Å². The number of aromatic nitrogens is 1. The minimum Gasteiger partial charge on any atom is -0.508 e. The quantitative estimate of drug-likeness (QED) is 0.842. The van der Waals surface area contributed by atoms with Gasteiger partial charge in [0.1, 0.15) is 11.4 Å². The van der Waals surface area contributed by atoms with Crippen molar-refractivity contribution in [3.8, 4) is 5.75 Å². The number of aromatic carboxylic acids is 1. The van der Waals surface area contributed by atoms with E-state index in [1.54, 1.807) is 0 Å². The Morgan fingerprint density at radius 1 is 1.22 bits per heavy atom. The standard InChI is InChI=1S/C13H19NO4/c1-4-13(5-2,6-3)14-10(12(17)18)7-9(15)8-11(14)16/h7-8,15H,4-6H2,1-3H3,(H,17,18). The summed E-state index contributed by atoms with van der Waals surface area (Å²) in [5.41, 5.74) is -1.15. The predicted molar refractivity (Wildman–Crippen MR) is 68.2 cm³/mol. The van der Waals surface area contributed by atoms with Crippen LogP contribution in [0.2, 0.25) is 0 Å². The third-order valence-corrected chi connectivity index (χ3v) is 3.69. The molecule has 0 amide bonds. The van der Waals surface area contributed by atoms with Gasteiger partial charge in [-0.05, 0) is 19.3 Å². The molecule has 0 unspecified atom stereocenters. The monoisotopic (exact) mass is 253 g/mol. The van der Waals surface area contributed by atoms with E-state index in [-0.39, 0.29) is 11.4 Å². The fourth-order valence-electron chi connectivity index (χ4n) is 2.43. The van der Waals surface area contributed by atoms with Gasteiger partial charge in [0.2, 0.25) is 0 Å². The zero-order valence-corrected chi connectivity index (χ0v) is 10.9. The summed E-state index contributed by atoms with van der Waals surface area (Å²) in [4.78, 5) is 23.3. The van der Waals surface area contributed by atoms with Crippen LogP contribution in [0.15, 0.2) is 16.9 Å². The predicted octanol–water partition coefficient (Wildman–Crippen LogP) is 2.18. The molecule has 0 atom stereocenters. The summed E-state index contributed by atoms with van der Waals surface area (Å²) >= 11 is 0. The number of hydrogen-bond donors (Lipinski definition) is 2. The van der Waals surface area contributed by atoms with E-state index in [4.69, 9.17) is 0 Å². The molecule has 0 aliphatic carbocycles. The molecular weight excluding hydrogens is 234 g/mol. The topological polar surface area (TPSA) is 79.5 Å². The molecule has 1 rings (SSSR count). The second-order valence-corrected chi connectivity index (χ2v) is 4.36. The Labute approximate surface area is 106 Å². The molecule has 0 saturated carbocycles. The van der Waals surface area contributed by atoms with Crippen LogP contribution in [0, 0.1) is 0 Å². The molecule has 0 aliphatic rings. The zero-order valence-electron chi connectivity index (χ0n) is 10.9. The van der Waals surface area contributed by atoms with Gasteiger partial charge in [-0.2, -0.15) is 0 Å². The van der Waals surface area contributed by atoms with E-state index in [1.807, 2.05) is 20.8 Å². The van der Waals surface area contributed by atoms with Gasteiger partial charge in [-0.3, -0.25) is 9.36 Å². The molecule has 18 heavy (non-hydrogen) atoms. The molecule has 0 spiro atoms. The van der Waals surface area contributed by atoms with Crippen molar-refractivity contribution in [3.05, 3.63) is 28.2 Å². The SMILES string of the molecule is CCC(CC)(CC)n1c(C(=O)O)cc(O)cc1=O. The van der Waals surface area contributed by atoms with E-state index in [9.17, 15) is 19.8 Å². The van der Waals surface area contributed by atoms with Gasteiger partial charge in [0.15, 0.2) is 0 Å². The maximum Gasteiger partial charge on any atom is 0.352 e. The number of pyridine rings is 1. The smallest absolute Gasteiger partial charge is 0.352 e. The summed E-state index contributed by atoms with van der Waals surface area (Å²) in [6, 6.07) is 2.18. The molecule has 100 valence electrons. The van der Waals surface area contributed by atoms with Gasteiger partial charge in [-0.15, -0.1) is 0 Å². The van der Waals surface area contributed by atoms with Crippen molar-refractivity contribution in [2.45, 2.75) is 45.6 Å². The third kappa shape index (κ3) is 2.25. The molecule has 1 aromatic rings. The molecule has 0 radical (unpaired) electrons. The number of hydrogen-bond acceptors (Lipinski definition) is 3. The highest BCUT2D eigenvalue weighted by Crippen LogP contribution is 2.29. The van der Waals surface area contributed by atoms with Gasteiger partial charge in [-0.1, -0.05) is 20.8 Å². The van der Waals surface area contributed by atoms with Crippen LogP contribution in [0.25, 0.3) is 0 Å². The van der Waals surface area contributed by atoms with Crippen molar-refractivity contribution < 1.29 is 15.0 Å². The molecule has 0 saturated heterocycles. The van der Waals surface area contributed by atoms with Crippen molar-refractivity contribution in [2.24, 2.45) is 0 Å². The van der Waals surface area contributed by atoms with Gasteiger partial charge in [0.05, 0.1) is 0 Å². The molecule has 0 aliphatic heterocycles. The Hall–Kier alpha value is -1.78. The first-order chi connectivity index (χ1) is 8.41. The molecule has 1 heterocycles. The minimum absolute atomic E-state index is 0.162. The van der Waals surface area contributed by atoms with Crippen LogP contribution in [0.1, 0.15) is 50.5 Å². The molecule has 2 N–H and O–H groups in total. The van der Waals surface area contributed by atoms with E-state index in [2.05, 4.69) is 0 Å². The fraction of sp³-hybridized carbons (Fsp3) is 0.538. The highest BCUT2D eigenvalue weighted by molar-refractivity contribution is 5.86. The van der Waals surface area contributed by atoms with Crippen LogP contribution in [0.5, 0.6) is 5.75 Å².